The first-order chi connectivity index (χ1) is 9.06. The Morgan fingerprint density at radius 1 is 1.37 bits per heavy atom. The highest BCUT2D eigenvalue weighted by Gasteiger charge is 2.15. The maximum atomic E-state index is 11.6. The summed E-state index contributed by atoms with van der Waals surface area (Å²) in [5.74, 6) is -0.871. The van der Waals surface area contributed by atoms with Gasteiger partial charge in [-0.15, -0.1) is 11.3 Å². The van der Waals surface area contributed by atoms with Crippen LogP contribution in [0.4, 0.5) is 5.13 Å². The summed E-state index contributed by atoms with van der Waals surface area (Å²) >= 11 is 1.33. The molecule has 7 heteroatoms. The van der Waals surface area contributed by atoms with Crippen molar-refractivity contribution < 1.29 is 14.0 Å². The number of carbonyl (C=O) groups excluding carboxylic acids is 2. The molecule has 0 aromatic carbocycles. The third kappa shape index (κ3) is 3.41. The van der Waals surface area contributed by atoms with Gasteiger partial charge < -0.3 is 9.73 Å². The van der Waals surface area contributed by atoms with E-state index in [9.17, 15) is 9.59 Å². The van der Waals surface area contributed by atoms with E-state index in [0.717, 1.165) is 10.6 Å². The van der Waals surface area contributed by atoms with Gasteiger partial charge in [0.1, 0.15) is 5.76 Å². The molecule has 0 saturated carbocycles. The molecule has 0 saturated heterocycles. The standard InChI is InChI=1S/C12H13N3O3S/c1-7-8(2)19-12(14-7)15-11(17)10(16)13-6-9-4-3-5-18-9/h3-5H,6H2,1-2H3,(H,13,16)(H,14,15,17). The van der Waals surface area contributed by atoms with Gasteiger partial charge in [-0.3, -0.25) is 14.9 Å². The first-order valence-corrected chi connectivity index (χ1v) is 6.43. The molecule has 2 rings (SSSR count). The summed E-state index contributed by atoms with van der Waals surface area (Å²) in [5, 5.41) is 5.34. The van der Waals surface area contributed by atoms with Crippen molar-refractivity contribution in [1.82, 2.24) is 10.3 Å². The van der Waals surface area contributed by atoms with Gasteiger partial charge in [-0.25, -0.2) is 4.98 Å². The summed E-state index contributed by atoms with van der Waals surface area (Å²) in [6.07, 6.45) is 1.50. The molecule has 2 amide bonds. The number of hydrogen-bond acceptors (Lipinski definition) is 5. The number of anilines is 1. The van der Waals surface area contributed by atoms with Crippen molar-refractivity contribution >= 4 is 28.3 Å². The summed E-state index contributed by atoms with van der Waals surface area (Å²) in [6.45, 7) is 3.92. The molecule has 0 fully saturated rings. The van der Waals surface area contributed by atoms with E-state index < -0.39 is 11.8 Å². The lowest BCUT2D eigenvalue weighted by Crippen LogP contribution is -2.34. The number of hydrogen-bond donors (Lipinski definition) is 2. The minimum Gasteiger partial charge on any atom is -0.467 e. The van der Waals surface area contributed by atoms with Gasteiger partial charge in [-0.05, 0) is 26.0 Å². The van der Waals surface area contributed by atoms with E-state index in [1.165, 1.54) is 17.6 Å². The Morgan fingerprint density at radius 2 is 2.16 bits per heavy atom. The van der Waals surface area contributed by atoms with Crippen LogP contribution in [0.15, 0.2) is 22.8 Å². The largest absolute Gasteiger partial charge is 0.467 e. The maximum absolute atomic E-state index is 11.6. The number of amides is 2. The number of nitrogens with zero attached hydrogens (tertiary/aromatic N) is 1. The molecule has 0 aliphatic rings. The molecule has 2 N–H and O–H groups in total. The van der Waals surface area contributed by atoms with Crippen molar-refractivity contribution in [3.8, 4) is 0 Å². The monoisotopic (exact) mass is 279 g/mol. The first kappa shape index (κ1) is 13.3. The highest BCUT2D eigenvalue weighted by atomic mass is 32.1. The van der Waals surface area contributed by atoms with Crippen LogP contribution in [0, 0.1) is 13.8 Å². The highest BCUT2D eigenvalue weighted by Crippen LogP contribution is 2.20. The summed E-state index contributed by atoms with van der Waals surface area (Å²) in [6, 6.07) is 3.43. The van der Waals surface area contributed by atoms with Gasteiger partial charge in [0.15, 0.2) is 5.13 Å². The predicted octanol–water partition coefficient (Wildman–Crippen LogP) is 1.61. The molecule has 2 aromatic heterocycles. The van der Waals surface area contributed by atoms with Crippen molar-refractivity contribution in [3.63, 3.8) is 0 Å². The zero-order chi connectivity index (χ0) is 13.8. The molecule has 0 radical (unpaired) electrons. The predicted molar refractivity (Wildman–Crippen MR) is 70.8 cm³/mol. The Kier molecular flexibility index (Phi) is 3.96. The topological polar surface area (TPSA) is 84.2 Å². The lowest BCUT2D eigenvalue weighted by atomic mass is 10.4. The van der Waals surface area contributed by atoms with Crippen LogP contribution in [0.5, 0.6) is 0 Å². The molecule has 2 aromatic rings. The molecule has 0 aliphatic carbocycles. The summed E-state index contributed by atoms with van der Waals surface area (Å²) < 4.78 is 5.04. The second-order valence-electron chi connectivity index (χ2n) is 3.88. The summed E-state index contributed by atoms with van der Waals surface area (Å²) in [4.78, 5) is 28.3. The molecular weight excluding hydrogens is 266 g/mol. The third-order valence-electron chi connectivity index (χ3n) is 2.46. The van der Waals surface area contributed by atoms with Gasteiger partial charge >= 0.3 is 11.8 Å². The number of aromatic nitrogens is 1. The molecule has 2 heterocycles. The van der Waals surface area contributed by atoms with E-state index in [2.05, 4.69) is 15.6 Å². The zero-order valence-electron chi connectivity index (χ0n) is 10.5. The fraction of sp³-hybridized carbons (Fsp3) is 0.250. The number of rotatable bonds is 3. The SMILES string of the molecule is Cc1nc(NC(=O)C(=O)NCc2ccco2)sc1C. The number of nitrogens with one attached hydrogen (secondary N) is 2. The third-order valence-corrected chi connectivity index (χ3v) is 3.45. The van der Waals surface area contributed by atoms with Crippen LogP contribution in [0.25, 0.3) is 0 Å². The first-order valence-electron chi connectivity index (χ1n) is 5.62. The molecular formula is C12H13N3O3S. The number of furan rings is 1. The lowest BCUT2D eigenvalue weighted by Gasteiger charge is -2.02. The van der Waals surface area contributed by atoms with Crippen LogP contribution in [-0.4, -0.2) is 16.8 Å². The molecule has 6 nitrogen and oxygen atoms in total. The van der Waals surface area contributed by atoms with Gasteiger partial charge in [0, 0.05) is 4.88 Å². The van der Waals surface area contributed by atoms with Crippen molar-refractivity contribution in [2.24, 2.45) is 0 Å². The molecule has 100 valence electrons. The fourth-order valence-corrected chi connectivity index (χ4v) is 2.15. The maximum Gasteiger partial charge on any atom is 0.315 e. The smallest absolute Gasteiger partial charge is 0.315 e. The van der Waals surface area contributed by atoms with Crippen LogP contribution in [0.3, 0.4) is 0 Å². The fourth-order valence-electron chi connectivity index (χ4n) is 1.34. The zero-order valence-corrected chi connectivity index (χ0v) is 11.3. The van der Waals surface area contributed by atoms with E-state index in [1.54, 1.807) is 12.1 Å². The highest BCUT2D eigenvalue weighted by molar-refractivity contribution is 7.15. The molecule has 0 aliphatic heterocycles. The lowest BCUT2D eigenvalue weighted by molar-refractivity contribution is -0.136. The van der Waals surface area contributed by atoms with Crippen molar-refractivity contribution in [3.05, 3.63) is 34.7 Å². The van der Waals surface area contributed by atoms with Crippen LogP contribution < -0.4 is 10.6 Å². The van der Waals surface area contributed by atoms with Gasteiger partial charge in [0.2, 0.25) is 0 Å². The van der Waals surface area contributed by atoms with Crippen LogP contribution in [0.2, 0.25) is 0 Å². The normalized spacial score (nSPS) is 10.2. The van der Waals surface area contributed by atoms with E-state index in [-0.39, 0.29) is 6.54 Å². The minimum atomic E-state index is -0.736. The minimum absolute atomic E-state index is 0.176. The quantitative estimate of drug-likeness (QED) is 0.836. The number of carbonyl (C=O) groups is 2. The van der Waals surface area contributed by atoms with E-state index in [1.807, 2.05) is 13.8 Å². The molecule has 0 unspecified atom stereocenters. The van der Waals surface area contributed by atoms with Crippen molar-refractivity contribution in [2.45, 2.75) is 20.4 Å². The molecule has 0 spiro atoms. The van der Waals surface area contributed by atoms with Crippen LogP contribution >= 0.6 is 11.3 Å². The van der Waals surface area contributed by atoms with E-state index >= 15 is 0 Å². The van der Waals surface area contributed by atoms with Gasteiger partial charge in [0.05, 0.1) is 18.5 Å². The van der Waals surface area contributed by atoms with Gasteiger partial charge in [0.25, 0.3) is 0 Å². The van der Waals surface area contributed by atoms with E-state index in [4.69, 9.17) is 4.42 Å². The average molecular weight is 279 g/mol. The Bertz CT molecular complexity index is 570. The Morgan fingerprint density at radius 3 is 2.74 bits per heavy atom. The Labute approximate surface area is 113 Å². The van der Waals surface area contributed by atoms with Gasteiger partial charge in [-0.2, -0.15) is 0 Å². The van der Waals surface area contributed by atoms with Crippen LogP contribution in [-0.2, 0) is 16.1 Å². The van der Waals surface area contributed by atoms with Crippen LogP contribution in [0.1, 0.15) is 16.3 Å². The molecule has 19 heavy (non-hydrogen) atoms. The molecule has 0 atom stereocenters. The van der Waals surface area contributed by atoms with Gasteiger partial charge in [-0.1, -0.05) is 0 Å². The number of aryl methyl sites for hydroxylation is 2. The summed E-state index contributed by atoms with van der Waals surface area (Å²) in [5.41, 5.74) is 0.844. The Hall–Kier alpha value is -2.15. The number of thiazole rings is 1. The Balaban J connectivity index is 1.87. The second-order valence-corrected chi connectivity index (χ2v) is 5.08. The van der Waals surface area contributed by atoms with E-state index in [0.29, 0.717) is 10.9 Å². The van der Waals surface area contributed by atoms with Crippen molar-refractivity contribution in [2.75, 3.05) is 5.32 Å². The second kappa shape index (κ2) is 5.66. The molecule has 0 bridgehead atoms. The average Bonchev–Trinajstić information content (AvgIpc) is 2.97. The van der Waals surface area contributed by atoms with Crippen molar-refractivity contribution in [1.29, 1.82) is 0 Å². The summed E-state index contributed by atoms with van der Waals surface area (Å²) in [7, 11) is 0.